The maximum atomic E-state index is 13.6. The summed E-state index contributed by atoms with van der Waals surface area (Å²) >= 11 is 0. The van der Waals surface area contributed by atoms with E-state index in [4.69, 9.17) is 4.74 Å². The highest BCUT2D eigenvalue weighted by Crippen LogP contribution is 2.26. The first kappa shape index (κ1) is 31.7. The molecule has 2 aromatic carbocycles. The van der Waals surface area contributed by atoms with E-state index in [-0.39, 0.29) is 41.5 Å². The Balaban J connectivity index is 1.49. The van der Waals surface area contributed by atoms with E-state index >= 15 is 0 Å². The third-order valence-electron chi connectivity index (χ3n) is 7.52. The van der Waals surface area contributed by atoms with E-state index < -0.39 is 48.1 Å². The average molecular weight is 601 g/mol. The fourth-order valence-electron chi connectivity index (χ4n) is 5.23. The van der Waals surface area contributed by atoms with Gasteiger partial charge in [-0.15, -0.1) is 0 Å². The van der Waals surface area contributed by atoms with Gasteiger partial charge in [0.1, 0.15) is 17.5 Å². The summed E-state index contributed by atoms with van der Waals surface area (Å²) in [6.45, 7) is 3.83. The van der Waals surface area contributed by atoms with Crippen LogP contribution in [0.1, 0.15) is 59.5 Å². The Labute approximate surface area is 254 Å². The van der Waals surface area contributed by atoms with Crippen LogP contribution in [0.4, 0.5) is 0 Å². The lowest BCUT2D eigenvalue weighted by atomic mass is 9.94. The van der Waals surface area contributed by atoms with Crippen LogP contribution in [-0.2, 0) is 14.4 Å². The number of amides is 4. The number of aromatic nitrogens is 1. The molecule has 4 amide bonds. The number of ketones is 1. The van der Waals surface area contributed by atoms with Gasteiger partial charge in [0.2, 0.25) is 11.8 Å². The summed E-state index contributed by atoms with van der Waals surface area (Å²) in [5.41, 5.74) is 1.21. The van der Waals surface area contributed by atoms with E-state index in [2.05, 4.69) is 26.3 Å². The zero-order valence-electron chi connectivity index (χ0n) is 24.9. The number of carbonyl (C=O) groups excluding carboxylic acids is 5. The van der Waals surface area contributed by atoms with Crippen molar-refractivity contribution in [3.05, 3.63) is 65.4 Å². The lowest BCUT2D eigenvalue weighted by Crippen LogP contribution is -2.54. The molecule has 1 aromatic heterocycles. The van der Waals surface area contributed by atoms with Crippen LogP contribution < -0.4 is 26.0 Å². The number of rotatable bonds is 13. The molecule has 1 aliphatic heterocycles. The van der Waals surface area contributed by atoms with Gasteiger partial charge in [0.15, 0.2) is 5.78 Å². The molecule has 230 valence electrons. The molecule has 4 rings (SSSR count). The molecule has 5 N–H and O–H groups in total. The number of hydrogen-bond acceptors (Lipinski definition) is 7. The second-order valence-electron chi connectivity index (χ2n) is 11.1. The highest BCUT2D eigenvalue weighted by molar-refractivity contribution is 6.03. The maximum Gasteiger partial charge on any atom is 0.268 e. The van der Waals surface area contributed by atoms with Crippen LogP contribution in [0.5, 0.6) is 5.75 Å². The summed E-state index contributed by atoms with van der Waals surface area (Å²) in [6.07, 6.45) is 0.815. The molecule has 0 bridgehead atoms. The zero-order chi connectivity index (χ0) is 31.8. The summed E-state index contributed by atoms with van der Waals surface area (Å²) in [5, 5.41) is 20.8. The van der Waals surface area contributed by atoms with Crippen molar-refractivity contribution in [2.75, 3.05) is 20.2 Å². The molecule has 0 unspecified atom stereocenters. The van der Waals surface area contributed by atoms with Crippen molar-refractivity contribution in [2.24, 2.45) is 11.8 Å². The number of nitriles is 1. The molecule has 3 atom stereocenters. The molecule has 0 spiro atoms. The molecule has 1 saturated heterocycles. The van der Waals surface area contributed by atoms with Gasteiger partial charge >= 0.3 is 0 Å². The fourth-order valence-corrected chi connectivity index (χ4v) is 5.23. The highest BCUT2D eigenvalue weighted by Gasteiger charge is 2.33. The van der Waals surface area contributed by atoms with E-state index in [0.29, 0.717) is 29.6 Å². The van der Waals surface area contributed by atoms with Crippen molar-refractivity contribution in [1.82, 2.24) is 26.3 Å². The number of carbonyl (C=O) groups is 5. The highest BCUT2D eigenvalue weighted by atomic mass is 16.5. The zero-order valence-corrected chi connectivity index (χ0v) is 24.9. The SMILES string of the molecule is COc1cccc2[nH]c(C(=O)N[C@@H](CC(C)C)C(=O)N[C@@H](C[C@@H]3CCNC3=O)C(=O)CNC(=O)c3ccccc3C#N)cc12. The first-order valence-electron chi connectivity index (χ1n) is 14.5. The number of H-pyrrole nitrogens is 1. The van der Waals surface area contributed by atoms with Gasteiger partial charge in [-0.3, -0.25) is 24.0 Å². The fraction of sp³-hybridized carbons (Fsp3) is 0.375. The van der Waals surface area contributed by atoms with E-state index in [1.165, 1.54) is 19.2 Å². The predicted octanol–water partition coefficient (Wildman–Crippen LogP) is 2.20. The lowest BCUT2D eigenvalue weighted by molar-refractivity contribution is -0.130. The average Bonchev–Trinajstić information content (AvgIpc) is 3.64. The Hall–Kier alpha value is -5.18. The van der Waals surface area contributed by atoms with Gasteiger partial charge in [-0.25, -0.2) is 0 Å². The number of nitrogens with zero attached hydrogens (tertiary/aromatic N) is 1. The van der Waals surface area contributed by atoms with Gasteiger partial charge in [0, 0.05) is 23.4 Å². The van der Waals surface area contributed by atoms with E-state index in [1.807, 2.05) is 19.9 Å². The second kappa shape index (κ2) is 14.3. The Bertz CT molecular complexity index is 1610. The van der Waals surface area contributed by atoms with Crippen molar-refractivity contribution in [3.8, 4) is 11.8 Å². The van der Waals surface area contributed by atoms with E-state index in [9.17, 15) is 29.2 Å². The summed E-state index contributed by atoms with van der Waals surface area (Å²) in [7, 11) is 1.54. The molecule has 44 heavy (non-hydrogen) atoms. The second-order valence-corrected chi connectivity index (χ2v) is 11.1. The largest absolute Gasteiger partial charge is 0.496 e. The first-order chi connectivity index (χ1) is 21.1. The molecule has 12 nitrogen and oxygen atoms in total. The number of fused-ring (bicyclic) bond motifs is 1. The van der Waals surface area contributed by atoms with Crippen molar-refractivity contribution < 1.29 is 28.7 Å². The first-order valence-corrected chi connectivity index (χ1v) is 14.5. The van der Waals surface area contributed by atoms with Gasteiger partial charge in [0.25, 0.3) is 11.8 Å². The number of Topliss-reactive ketones (excluding diaryl/α,β-unsaturated/α-hetero) is 1. The van der Waals surface area contributed by atoms with Crippen molar-refractivity contribution >= 4 is 40.3 Å². The lowest BCUT2D eigenvalue weighted by Gasteiger charge is -2.25. The number of aromatic amines is 1. The molecule has 0 aliphatic carbocycles. The van der Waals surface area contributed by atoms with Gasteiger partial charge in [0.05, 0.1) is 36.9 Å². The number of benzene rings is 2. The summed E-state index contributed by atoms with van der Waals surface area (Å²) < 4.78 is 5.38. The Morgan fingerprint density at radius 2 is 1.82 bits per heavy atom. The predicted molar refractivity (Wildman–Crippen MR) is 162 cm³/mol. The van der Waals surface area contributed by atoms with Gasteiger partial charge in [-0.1, -0.05) is 32.0 Å². The maximum absolute atomic E-state index is 13.6. The van der Waals surface area contributed by atoms with Crippen LogP contribution >= 0.6 is 0 Å². The molecule has 0 radical (unpaired) electrons. The number of nitrogens with one attached hydrogen (secondary N) is 5. The summed E-state index contributed by atoms with van der Waals surface area (Å²) in [5.74, 6) is -2.33. The van der Waals surface area contributed by atoms with Crippen molar-refractivity contribution in [1.29, 1.82) is 5.26 Å². The topological polar surface area (TPSA) is 182 Å². The summed E-state index contributed by atoms with van der Waals surface area (Å²) in [4.78, 5) is 68.4. The molecule has 3 aromatic rings. The van der Waals surface area contributed by atoms with Crippen LogP contribution in [0.15, 0.2) is 48.5 Å². The normalized spacial score (nSPS) is 15.6. The molecule has 0 saturated carbocycles. The smallest absolute Gasteiger partial charge is 0.268 e. The Kier molecular flexibility index (Phi) is 10.3. The minimum atomic E-state index is -1.10. The third-order valence-corrected chi connectivity index (χ3v) is 7.52. The van der Waals surface area contributed by atoms with E-state index in [0.717, 1.165) is 0 Å². The minimum Gasteiger partial charge on any atom is -0.496 e. The number of hydrogen-bond donors (Lipinski definition) is 5. The molecule has 2 heterocycles. The molecule has 1 aliphatic rings. The van der Waals surface area contributed by atoms with Crippen molar-refractivity contribution in [3.63, 3.8) is 0 Å². The molecular formula is C32H36N6O6. The number of ether oxygens (including phenoxy) is 1. The van der Waals surface area contributed by atoms with Gasteiger partial charge in [-0.05, 0) is 55.5 Å². The van der Waals surface area contributed by atoms with Crippen LogP contribution in [0.2, 0.25) is 0 Å². The third kappa shape index (κ3) is 7.60. The van der Waals surface area contributed by atoms with Crippen LogP contribution in [0.25, 0.3) is 10.9 Å². The van der Waals surface area contributed by atoms with Crippen molar-refractivity contribution in [2.45, 2.75) is 45.2 Å². The molecular weight excluding hydrogens is 564 g/mol. The molecule has 1 fully saturated rings. The summed E-state index contributed by atoms with van der Waals surface area (Å²) in [6, 6.07) is 13.1. The Morgan fingerprint density at radius 1 is 1.05 bits per heavy atom. The van der Waals surface area contributed by atoms with Gasteiger partial charge < -0.3 is 31.0 Å². The van der Waals surface area contributed by atoms with Gasteiger partial charge in [-0.2, -0.15) is 5.26 Å². The standard InChI is InChI=1S/C32H36N6O6/c1-18(2)13-25(38-32(43)26-15-22-23(36-26)9-6-10-28(22)44-3)31(42)37-24(14-19-11-12-34-29(19)40)27(39)17-35-30(41)21-8-5-4-7-20(21)16-33/h4-10,15,18-19,24-25,36H,11-14,17H2,1-3H3,(H,34,40)(H,35,41)(H,37,42)(H,38,43)/t19-,24-,25-/m0/s1. The van der Waals surface area contributed by atoms with Crippen LogP contribution in [0.3, 0.4) is 0 Å². The molecule has 12 heteroatoms. The number of methoxy groups -OCH3 is 1. The monoisotopic (exact) mass is 600 g/mol. The Morgan fingerprint density at radius 3 is 2.50 bits per heavy atom. The quantitative estimate of drug-likeness (QED) is 0.199. The van der Waals surface area contributed by atoms with Crippen LogP contribution in [-0.4, -0.2) is 66.7 Å². The van der Waals surface area contributed by atoms with Crippen LogP contribution in [0, 0.1) is 23.2 Å². The minimum absolute atomic E-state index is 0.0168. The van der Waals surface area contributed by atoms with E-state index in [1.54, 1.807) is 36.4 Å².